The predicted molar refractivity (Wildman–Crippen MR) is 123 cm³/mol. The van der Waals surface area contributed by atoms with Crippen LogP contribution in [0.3, 0.4) is 0 Å². The zero-order chi connectivity index (χ0) is 19.5. The smallest absolute Gasteiger partial charge is 0.217 e. The Labute approximate surface area is 190 Å². The van der Waals surface area contributed by atoms with E-state index >= 15 is 0 Å². The van der Waals surface area contributed by atoms with Gasteiger partial charge in [-0.05, 0) is 50.1 Å². The number of nitriles is 1. The van der Waals surface area contributed by atoms with Crippen LogP contribution in [0.5, 0.6) is 0 Å². The van der Waals surface area contributed by atoms with Crippen molar-refractivity contribution in [2.45, 2.75) is 4.90 Å². The first-order chi connectivity index (χ1) is 11.4. The van der Waals surface area contributed by atoms with Crippen molar-refractivity contribution in [2.75, 3.05) is 0 Å². The van der Waals surface area contributed by atoms with Crippen LogP contribution >= 0.6 is 88.2 Å². The summed E-state index contributed by atoms with van der Waals surface area (Å²) in [5.41, 5.74) is -0.104. The molecular formula is C15H7Br4NO2S3. The molecule has 0 bridgehead atoms. The topological polar surface area (TPSA) is 57.9 Å². The second kappa shape index (κ2) is 9.26. The van der Waals surface area contributed by atoms with Crippen molar-refractivity contribution < 1.29 is 8.42 Å². The number of nitrogens with zero attached hydrogens (tertiary/aromatic N) is 1. The highest BCUT2D eigenvalue weighted by Crippen LogP contribution is 2.31. The van der Waals surface area contributed by atoms with Crippen LogP contribution in [0.2, 0.25) is 0 Å². The maximum Gasteiger partial charge on any atom is 0.217 e. The summed E-state index contributed by atoms with van der Waals surface area (Å²) in [6.45, 7) is 7.27. The van der Waals surface area contributed by atoms with Crippen LogP contribution in [-0.4, -0.2) is 18.1 Å². The Hall–Kier alpha value is -0.0200. The standard InChI is InChI=1S/C15H7Br4NO2S3/c1-7(16)14(23)13(15(24)8(2)17)12(6-20)25(21,22)11-4-9(18)3-10(19)5-11/h3-5H,1-2H2. The van der Waals surface area contributed by atoms with Crippen LogP contribution in [0, 0.1) is 11.3 Å². The first-order valence-corrected chi connectivity index (χ1v) is 11.5. The van der Waals surface area contributed by atoms with E-state index in [1.165, 1.54) is 12.1 Å². The number of sulfone groups is 1. The molecule has 10 heteroatoms. The molecule has 0 unspecified atom stereocenters. The average molecular weight is 649 g/mol. The molecule has 0 saturated carbocycles. The van der Waals surface area contributed by atoms with Gasteiger partial charge in [0.05, 0.1) is 14.6 Å². The molecule has 1 aromatic rings. The molecule has 0 N–H and O–H groups in total. The Morgan fingerprint density at radius 2 is 1.40 bits per heavy atom. The molecule has 130 valence electrons. The molecule has 0 heterocycles. The van der Waals surface area contributed by atoms with Crippen LogP contribution < -0.4 is 0 Å². The zero-order valence-corrected chi connectivity index (χ0v) is 20.9. The molecular weight excluding hydrogens is 642 g/mol. The summed E-state index contributed by atoms with van der Waals surface area (Å²) in [5, 5.41) is 9.57. The van der Waals surface area contributed by atoms with Gasteiger partial charge in [-0.1, -0.05) is 69.5 Å². The van der Waals surface area contributed by atoms with E-state index in [4.69, 9.17) is 24.4 Å². The second-order valence-electron chi connectivity index (χ2n) is 4.39. The van der Waals surface area contributed by atoms with Crippen molar-refractivity contribution in [3.63, 3.8) is 0 Å². The molecule has 0 saturated heterocycles. The molecule has 0 aliphatic rings. The number of benzene rings is 1. The number of hydrogen-bond donors (Lipinski definition) is 0. The van der Waals surface area contributed by atoms with E-state index in [0.717, 1.165) is 0 Å². The van der Waals surface area contributed by atoms with Crippen LogP contribution in [0.4, 0.5) is 0 Å². The van der Waals surface area contributed by atoms with Gasteiger partial charge < -0.3 is 0 Å². The van der Waals surface area contributed by atoms with E-state index in [2.05, 4.69) is 76.9 Å². The third kappa shape index (κ3) is 5.48. The molecule has 0 radical (unpaired) electrons. The Bertz CT molecular complexity index is 940. The summed E-state index contributed by atoms with van der Waals surface area (Å²) in [6, 6.07) is 6.15. The van der Waals surface area contributed by atoms with Gasteiger partial charge in [-0.25, -0.2) is 8.42 Å². The molecule has 3 nitrogen and oxygen atoms in total. The van der Waals surface area contributed by atoms with E-state index in [1.54, 1.807) is 12.1 Å². The number of rotatable bonds is 6. The fraction of sp³-hybridized carbons (Fsp3) is 0. The molecule has 0 aromatic heterocycles. The lowest BCUT2D eigenvalue weighted by atomic mass is 10.1. The van der Waals surface area contributed by atoms with Crippen molar-refractivity contribution in [3.8, 4) is 6.07 Å². The number of allylic oxidation sites excluding steroid dienone is 4. The minimum atomic E-state index is -4.19. The van der Waals surface area contributed by atoms with Gasteiger partial charge in [-0.15, -0.1) is 0 Å². The highest BCUT2D eigenvalue weighted by Gasteiger charge is 2.30. The minimum absolute atomic E-state index is 0.0137. The fourth-order valence-electron chi connectivity index (χ4n) is 1.63. The number of thiocarbonyl (C=S) groups is 2. The van der Waals surface area contributed by atoms with Crippen molar-refractivity contribution in [3.05, 3.63) is 59.7 Å². The van der Waals surface area contributed by atoms with Crippen molar-refractivity contribution in [1.29, 1.82) is 5.26 Å². The van der Waals surface area contributed by atoms with E-state index in [0.29, 0.717) is 8.95 Å². The molecule has 0 atom stereocenters. The van der Waals surface area contributed by atoms with Gasteiger partial charge in [0.1, 0.15) is 6.07 Å². The van der Waals surface area contributed by atoms with Gasteiger partial charge in [0.25, 0.3) is 0 Å². The zero-order valence-electron chi connectivity index (χ0n) is 12.1. The minimum Gasteiger partial charge on any atom is -0.218 e. The van der Waals surface area contributed by atoms with Crippen molar-refractivity contribution >= 4 is 108 Å². The summed E-state index contributed by atoms with van der Waals surface area (Å²) in [4.78, 5) is -0.637. The largest absolute Gasteiger partial charge is 0.218 e. The normalized spacial score (nSPS) is 10.5. The Balaban J connectivity index is 3.90. The molecule has 1 rings (SSSR count). The van der Waals surface area contributed by atoms with Gasteiger partial charge in [0.15, 0.2) is 4.91 Å². The monoisotopic (exact) mass is 645 g/mol. The third-order valence-electron chi connectivity index (χ3n) is 2.69. The lowest BCUT2D eigenvalue weighted by Gasteiger charge is -2.13. The fourth-order valence-corrected chi connectivity index (χ4v) is 5.62. The van der Waals surface area contributed by atoms with Crippen LogP contribution in [0.1, 0.15) is 0 Å². The first-order valence-electron chi connectivity index (χ1n) is 6.07. The Morgan fingerprint density at radius 1 is 1.00 bits per heavy atom. The highest BCUT2D eigenvalue weighted by molar-refractivity contribution is 9.12. The van der Waals surface area contributed by atoms with Gasteiger partial charge in [-0.2, -0.15) is 5.26 Å². The van der Waals surface area contributed by atoms with Crippen LogP contribution in [-0.2, 0) is 9.84 Å². The highest BCUT2D eigenvalue weighted by atomic mass is 79.9. The predicted octanol–water partition coefficient (Wildman–Crippen LogP) is 6.32. The van der Waals surface area contributed by atoms with Gasteiger partial charge in [0.2, 0.25) is 9.84 Å². The van der Waals surface area contributed by atoms with Crippen LogP contribution in [0.25, 0.3) is 0 Å². The average Bonchev–Trinajstić information content (AvgIpc) is 2.49. The summed E-state index contributed by atoms with van der Waals surface area (Å²) in [6.07, 6.45) is 0. The molecule has 0 aliphatic carbocycles. The lowest BCUT2D eigenvalue weighted by molar-refractivity contribution is 0.603. The molecule has 0 aliphatic heterocycles. The van der Waals surface area contributed by atoms with Crippen molar-refractivity contribution in [2.24, 2.45) is 0 Å². The Morgan fingerprint density at radius 3 is 1.72 bits per heavy atom. The van der Waals surface area contributed by atoms with E-state index in [1.807, 2.05) is 0 Å². The Kier molecular flexibility index (Phi) is 8.53. The molecule has 0 amide bonds. The van der Waals surface area contributed by atoms with E-state index in [9.17, 15) is 13.7 Å². The number of halogens is 4. The summed E-state index contributed by atoms with van der Waals surface area (Å²) < 4.78 is 27.6. The molecule has 25 heavy (non-hydrogen) atoms. The first kappa shape index (κ1) is 23.0. The quantitative estimate of drug-likeness (QED) is 0.205. The third-order valence-corrected chi connectivity index (χ3v) is 7.51. The SMILES string of the molecule is C=C(Br)C(=S)C(C(=S)C(=C)Br)=C(C#N)S(=O)(=O)c1cc(Br)cc(Br)c1. The van der Waals surface area contributed by atoms with E-state index < -0.39 is 14.7 Å². The number of hydrogen-bond acceptors (Lipinski definition) is 5. The molecule has 1 aromatic carbocycles. The summed E-state index contributed by atoms with van der Waals surface area (Å²) in [5.74, 6) is 0. The molecule has 0 fully saturated rings. The van der Waals surface area contributed by atoms with Gasteiger partial charge in [0, 0.05) is 23.5 Å². The summed E-state index contributed by atoms with van der Waals surface area (Å²) >= 11 is 23.1. The van der Waals surface area contributed by atoms with E-state index in [-0.39, 0.29) is 29.2 Å². The lowest BCUT2D eigenvalue weighted by Crippen LogP contribution is -2.17. The maximum absolute atomic E-state index is 13.0. The molecule has 0 spiro atoms. The second-order valence-corrected chi connectivity index (χ2v) is 10.8. The van der Waals surface area contributed by atoms with Crippen molar-refractivity contribution in [1.82, 2.24) is 0 Å². The van der Waals surface area contributed by atoms with Gasteiger partial charge >= 0.3 is 0 Å². The summed E-state index contributed by atoms with van der Waals surface area (Å²) in [7, 11) is -4.19. The van der Waals surface area contributed by atoms with Crippen LogP contribution in [0.15, 0.2) is 64.6 Å². The maximum atomic E-state index is 13.0. The van der Waals surface area contributed by atoms with Gasteiger partial charge in [-0.3, -0.25) is 0 Å².